The third kappa shape index (κ3) is 2050. The number of hydrogen-bond donors (Lipinski definition) is 1. The third-order valence-corrected chi connectivity index (χ3v) is 0. The lowest BCUT2D eigenvalue weighted by atomic mass is 10.3. The van der Waals surface area contributed by atoms with Gasteiger partial charge in [-0.25, -0.2) is 0 Å². The summed E-state index contributed by atoms with van der Waals surface area (Å²) in [5.74, 6) is 0. The van der Waals surface area contributed by atoms with E-state index in [0.717, 1.165) is 0 Å². The van der Waals surface area contributed by atoms with Gasteiger partial charge in [-0.2, -0.15) is 0 Å². The van der Waals surface area contributed by atoms with Crippen molar-refractivity contribution in [3.63, 3.8) is 0 Å². The first-order chi connectivity index (χ1) is 7.41. The second kappa shape index (κ2) is 10.9. The monoisotopic (exact) mass is 307 g/mol. The maximum absolute atomic E-state index is 9.75. The molecule has 0 bridgehead atoms. The quantitative estimate of drug-likeness (QED) is 0.422. The van der Waals surface area contributed by atoms with E-state index < -0.39 is 21.8 Å². The molecule has 0 aliphatic heterocycles. The predicted molar refractivity (Wildman–Crippen MR) is 39.3 cm³/mol. The zero-order valence-electron chi connectivity index (χ0n) is 7.70. The number of rotatable bonds is 0. The van der Waals surface area contributed by atoms with Gasteiger partial charge in [-0.05, 0) is 0 Å². The molecule has 0 radical (unpaired) electrons. The summed E-state index contributed by atoms with van der Waals surface area (Å²) in [6, 6.07) is 0. The second-order valence-corrected chi connectivity index (χ2v) is 1.59. The van der Waals surface area contributed by atoms with Crippen molar-refractivity contribution in [2.24, 2.45) is 0 Å². The fourth-order valence-electron chi connectivity index (χ4n) is 0. The lowest BCUT2D eigenvalue weighted by Gasteiger charge is -1.94. The first kappa shape index (κ1) is 25.6. The van der Waals surface area contributed by atoms with E-state index in [0.29, 0.717) is 0 Å². The van der Waals surface area contributed by atoms with Gasteiger partial charge in [0.05, 0.1) is 0 Å². The Morgan fingerprint density at radius 2 is 0.556 bits per heavy atom. The Kier molecular flexibility index (Phi) is 15.6. The molecular formula is CH2B3F12O2-3. The molecule has 0 aromatic heterocycles. The number of halogens is 12. The Hall–Kier alpha value is -1.18. The van der Waals surface area contributed by atoms with Crippen molar-refractivity contribution < 1.29 is 61.7 Å². The summed E-state index contributed by atoms with van der Waals surface area (Å²) in [4.78, 5) is 8.36. The summed E-state index contributed by atoms with van der Waals surface area (Å²) in [5.41, 5.74) is 0. The molecule has 0 saturated carbocycles. The summed E-state index contributed by atoms with van der Waals surface area (Å²) in [5, 5.41) is 6.89. The van der Waals surface area contributed by atoms with Gasteiger partial charge in [0, 0.05) is 0 Å². The van der Waals surface area contributed by atoms with Crippen LogP contribution in [0, 0.1) is 0 Å². The summed E-state index contributed by atoms with van der Waals surface area (Å²) < 4.78 is 117. The lowest BCUT2D eigenvalue weighted by Crippen LogP contribution is -2.02. The normalized spacial score (nSPS) is 10.7. The van der Waals surface area contributed by atoms with E-state index in [9.17, 15) is 51.8 Å². The van der Waals surface area contributed by atoms with Crippen LogP contribution < -0.4 is 0 Å². The smallest absolute Gasteiger partial charge is 0.483 e. The fourth-order valence-corrected chi connectivity index (χ4v) is 0. The highest BCUT2D eigenvalue weighted by Gasteiger charge is 2.21. The molecule has 0 aliphatic rings. The predicted octanol–water partition coefficient (Wildman–Crippen LogP) is 3.60. The van der Waals surface area contributed by atoms with Gasteiger partial charge in [0.1, 0.15) is 0 Å². The van der Waals surface area contributed by atoms with Gasteiger partial charge in [-0.15, -0.1) is 0 Å². The van der Waals surface area contributed by atoms with Crippen molar-refractivity contribution in [3.05, 3.63) is 0 Å². The van der Waals surface area contributed by atoms with Crippen molar-refractivity contribution >= 4 is 28.2 Å². The maximum Gasteiger partial charge on any atom is 0.673 e. The van der Waals surface area contributed by atoms with Crippen molar-refractivity contribution in [3.8, 4) is 0 Å². The minimum Gasteiger partial charge on any atom is -0.483 e. The second-order valence-electron chi connectivity index (χ2n) is 1.59. The Balaban J connectivity index is -0.0000000739. The molecule has 0 aliphatic carbocycles. The molecule has 17 heteroatoms. The standard InChI is InChI=1S/CH2O2.3BF4/c2-1-3;3*2-1(3,4)5/h1H,(H,2,3);;;/q;3*-1. The molecule has 0 saturated heterocycles. The molecule has 0 rings (SSSR count). The van der Waals surface area contributed by atoms with Gasteiger partial charge in [-0.1, -0.05) is 0 Å². The first-order valence-electron chi connectivity index (χ1n) is 3.11. The topological polar surface area (TPSA) is 37.3 Å². The molecule has 1 N–H and O–H groups in total. The molecule has 0 unspecified atom stereocenters. The van der Waals surface area contributed by atoms with Crippen LogP contribution in [-0.2, 0) is 4.79 Å². The van der Waals surface area contributed by atoms with Gasteiger partial charge < -0.3 is 56.9 Å². The zero-order chi connectivity index (χ0) is 16.2. The van der Waals surface area contributed by atoms with Gasteiger partial charge in [0.2, 0.25) is 0 Å². The van der Waals surface area contributed by atoms with Gasteiger partial charge >= 0.3 is 21.8 Å². The van der Waals surface area contributed by atoms with E-state index in [-0.39, 0.29) is 6.47 Å². The average molecular weight is 306 g/mol. The molecule has 18 heavy (non-hydrogen) atoms. The summed E-state index contributed by atoms with van der Waals surface area (Å²) in [6.45, 7) is -0.250. The van der Waals surface area contributed by atoms with Crippen molar-refractivity contribution in [2.45, 2.75) is 0 Å². The van der Waals surface area contributed by atoms with E-state index in [2.05, 4.69) is 0 Å². The molecule has 0 heterocycles. The highest BCUT2D eigenvalue weighted by Crippen LogP contribution is 2.07. The SMILES string of the molecule is F[B-](F)(F)F.F[B-](F)(F)F.F[B-](F)(F)F.O=CO. The molecule has 0 atom stereocenters. The molecule has 2 nitrogen and oxygen atoms in total. The van der Waals surface area contributed by atoms with E-state index in [4.69, 9.17) is 9.90 Å². The Morgan fingerprint density at radius 3 is 0.556 bits per heavy atom. The first-order valence-corrected chi connectivity index (χ1v) is 3.11. The lowest BCUT2D eigenvalue weighted by molar-refractivity contribution is -0.122. The molecule has 0 aromatic rings. The van der Waals surface area contributed by atoms with Crippen LogP contribution in [0.4, 0.5) is 51.8 Å². The molecule has 0 amide bonds. The summed E-state index contributed by atoms with van der Waals surface area (Å²) >= 11 is 0. The number of hydrogen-bond acceptors (Lipinski definition) is 1. The average Bonchev–Trinajstić information content (AvgIpc) is 1.71. The Morgan fingerprint density at radius 1 is 0.556 bits per heavy atom. The Labute approximate surface area is 91.3 Å². The van der Waals surface area contributed by atoms with Crippen LogP contribution in [0.3, 0.4) is 0 Å². The number of carbonyl (C=O) groups is 1. The summed E-state index contributed by atoms with van der Waals surface area (Å²) in [7, 11) is -18.0. The van der Waals surface area contributed by atoms with Gasteiger partial charge in [0.25, 0.3) is 6.47 Å². The van der Waals surface area contributed by atoms with Crippen LogP contribution in [0.1, 0.15) is 0 Å². The van der Waals surface area contributed by atoms with Crippen LogP contribution >= 0.6 is 0 Å². The van der Waals surface area contributed by atoms with E-state index in [1.54, 1.807) is 0 Å². The van der Waals surface area contributed by atoms with Crippen LogP contribution in [0.2, 0.25) is 0 Å². The van der Waals surface area contributed by atoms with Crippen molar-refractivity contribution in [1.82, 2.24) is 0 Å². The minimum atomic E-state index is -6.00. The third-order valence-electron chi connectivity index (χ3n) is 0. The van der Waals surface area contributed by atoms with Crippen molar-refractivity contribution in [1.29, 1.82) is 0 Å². The molecule has 114 valence electrons. The van der Waals surface area contributed by atoms with Gasteiger partial charge in [0.15, 0.2) is 0 Å². The van der Waals surface area contributed by atoms with Crippen LogP contribution in [0.25, 0.3) is 0 Å². The molecular weight excluding hydrogens is 304 g/mol. The number of carboxylic acid groups (broad SMARTS) is 1. The minimum absolute atomic E-state index is 0.250. The van der Waals surface area contributed by atoms with Crippen LogP contribution in [0.5, 0.6) is 0 Å². The van der Waals surface area contributed by atoms with Crippen LogP contribution in [0.15, 0.2) is 0 Å². The maximum atomic E-state index is 9.75. The molecule has 0 spiro atoms. The summed E-state index contributed by atoms with van der Waals surface area (Å²) in [6.07, 6.45) is 0. The fraction of sp³-hybridized carbons (Fsp3) is 0. The molecule has 0 fully saturated rings. The van der Waals surface area contributed by atoms with E-state index >= 15 is 0 Å². The van der Waals surface area contributed by atoms with Crippen LogP contribution in [-0.4, -0.2) is 33.3 Å². The highest BCUT2D eigenvalue weighted by atomic mass is 19.5. The van der Waals surface area contributed by atoms with E-state index in [1.807, 2.05) is 0 Å². The zero-order valence-corrected chi connectivity index (χ0v) is 7.70. The van der Waals surface area contributed by atoms with E-state index in [1.165, 1.54) is 0 Å². The highest BCUT2D eigenvalue weighted by molar-refractivity contribution is 6.50. The van der Waals surface area contributed by atoms with Gasteiger partial charge in [-0.3, -0.25) is 4.79 Å². The molecule has 0 aromatic carbocycles. The van der Waals surface area contributed by atoms with Crippen molar-refractivity contribution in [2.75, 3.05) is 0 Å². The largest absolute Gasteiger partial charge is 0.673 e. The Bertz CT molecular complexity index is 133.